The van der Waals surface area contributed by atoms with Crippen LogP contribution in [0.3, 0.4) is 0 Å². The van der Waals surface area contributed by atoms with Gasteiger partial charge in [-0.05, 0) is 12.1 Å². The molecule has 0 saturated heterocycles. The van der Waals surface area contributed by atoms with Crippen molar-refractivity contribution in [3.8, 4) is 11.5 Å². The molecular formula is C11H13NO5. The van der Waals surface area contributed by atoms with Crippen LogP contribution in [0.4, 0.5) is 5.69 Å². The second kappa shape index (κ2) is 5.83. The summed E-state index contributed by atoms with van der Waals surface area (Å²) in [5, 5.41) is 10.7. The van der Waals surface area contributed by atoms with Crippen molar-refractivity contribution in [1.82, 2.24) is 0 Å². The predicted octanol–water partition coefficient (Wildman–Crippen LogP) is 1.96. The number of nitrogens with zero attached hydrogens (tertiary/aromatic N) is 1. The number of rotatable bonds is 6. The smallest absolute Gasteiger partial charge is 0.314 e. The third-order valence-corrected chi connectivity index (χ3v) is 2.14. The summed E-state index contributed by atoms with van der Waals surface area (Å²) in [6.07, 6.45) is 0.373. The van der Waals surface area contributed by atoms with E-state index in [4.69, 9.17) is 9.47 Å². The molecule has 0 aliphatic heterocycles. The first kappa shape index (κ1) is 13.0. The van der Waals surface area contributed by atoms with Crippen molar-refractivity contribution in [1.29, 1.82) is 0 Å². The van der Waals surface area contributed by atoms with Crippen molar-refractivity contribution in [2.24, 2.45) is 0 Å². The number of ether oxygens (including phenoxy) is 2. The molecule has 0 fully saturated rings. The van der Waals surface area contributed by atoms with Crippen LogP contribution in [0.5, 0.6) is 11.5 Å². The molecule has 0 heterocycles. The summed E-state index contributed by atoms with van der Waals surface area (Å²) in [5.41, 5.74) is -0.186. The molecule has 0 unspecified atom stereocenters. The zero-order valence-corrected chi connectivity index (χ0v) is 9.63. The number of hydrogen-bond acceptors (Lipinski definition) is 5. The lowest BCUT2D eigenvalue weighted by molar-refractivity contribution is -0.385. The molecule has 0 atom stereocenters. The number of nitro benzene ring substituents is 1. The van der Waals surface area contributed by atoms with E-state index in [0.717, 1.165) is 0 Å². The summed E-state index contributed by atoms with van der Waals surface area (Å²) in [4.78, 5) is 21.2. The van der Waals surface area contributed by atoms with Gasteiger partial charge in [-0.25, -0.2) is 0 Å². The minimum Gasteiger partial charge on any atom is -0.490 e. The number of ketones is 1. The Hall–Kier alpha value is -2.11. The van der Waals surface area contributed by atoms with E-state index in [9.17, 15) is 14.9 Å². The molecule has 0 aromatic heterocycles. The molecule has 1 aromatic carbocycles. The Morgan fingerprint density at radius 2 is 2.18 bits per heavy atom. The molecule has 6 nitrogen and oxygen atoms in total. The summed E-state index contributed by atoms with van der Waals surface area (Å²) < 4.78 is 9.98. The van der Waals surface area contributed by atoms with Gasteiger partial charge in [-0.2, -0.15) is 0 Å². The largest absolute Gasteiger partial charge is 0.490 e. The molecule has 92 valence electrons. The van der Waals surface area contributed by atoms with E-state index in [2.05, 4.69) is 0 Å². The van der Waals surface area contributed by atoms with Gasteiger partial charge in [0.2, 0.25) is 0 Å². The lowest BCUT2D eigenvalue weighted by atomic mass is 10.2. The average molecular weight is 239 g/mol. The van der Waals surface area contributed by atoms with Crippen LogP contribution in [0, 0.1) is 10.1 Å². The van der Waals surface area contributed by atoms with Gasteiger partial charge in [0.1, 0.15) is 12.4 Å². The van der Waals surface area contributed by atoms with Gasteiger partial charge in [0.25, 0.3) is 0 Å². The average Bonchev–Trinajstić information content (AvgIpc) is 2.35. The first-order valence-corrected chi connectivity index (χ1v) is 5.05. The lowest BCUT2D eigenvalue weighted by Gasteiger charge is -2.06. The summed E-state index contributed by atoms with van der Waals surface area (Å²) in [6.45, 7) is 1.64. The van der Waals surface area contributed by atoms with Gasteiger partial charge in [-0.3, -0.25) is 14.9 Å². The molecule has 0 amide bonds. The van der Waals surface area contributed by atoms with Crippen molar-refractivity contribution >= 4 is 11.5 Å². The fourth-order valence-corrected chi connectivity index (χ4v) is 1.17. The zero-order valence-electron chi connectivity index (χ0n) is 9.63. The Balaban J connectivity index is 2.85. The van der Waals surface area contributed by atoms with Gasteiger partial charge in [0, 0.05) is 6.42 Å². The summed E-state index contributed by atoms with van der Waals surface area (Å²) >= 11 is 0. The van der Waals surface area contributed by atoms with E-state index in [1.54, 1.807) is 6.92 Å². The van der Waals surface area contributed by atoms with E-state index in [-0.39, 0.29) is 29.6 Å². The van der Waals surface area contributed by atoms with Gasteiger partial charge < -0.3 is 9.47 Å². The highest BCUT2D eigenvalue weighted by Crippen LogP contribution is 2.30. The highest BCUT2D eigenvalue weighted by molar-refractivity contribution is 5.79. The van der Waals surface area contributed by atoms with E-state index < -0.39 is 4.92 Å². The van der Waals surface area contributed by atoms with Crippen molar-refractivity contribution in [3.63, 3.8) is 0 Å². The number of carbonyl (C=O) groups is 1. The van der Waals surface area contributed by atoms with Crippen LogP contribution in [0.15, 0.2) is 18.2 Å². The molecule has 1 aromatic rings. The fourth-order valence-electron chi connectivity index (χ4n) is 1.17. The molecule has 0 aliphatic carbocycles. The summed E-state index contributed by atoms with van der Waals surface area (Å²) in [6, 6.07) is 4.19. The first-order valence-electron chi connectivity index (χ1n) is 5.05. The molecule has 1 rings (SSSR count). The Bertz CT molecular complexity index is 430. The van der Waals surface area contributed by atoms with Crippen LogP contribution in [0.2, 0.25) is 0 Å². The normalized spacial score (nSPS) is 9.76. The maximum Gasteiger partial charge on any atom is 0.314 e. The van der Waals surface area contributed by atoms with Crippen LogP contribution in [0.25, 0.3) is 0 Å². The molecule has 0 aliphatic rings. The van der Waals surface area contributed by atoms with E-state index in [0.29, 0.717) is 6.42 Å². The Kier molecular flexibility index (Phi) is 4.45. The number of methoxy groups -OCH3 is 1. The highest BCUT2D eigenvalue weighted by Gasteiger charge is 2.15. The topological polar surface area (TPSA) is 78.7 Å². The Morgan fingerprint density at radius 1 is 1.47 bits per heavy atom. The summed E-state index contributed by atoms with van der Waals surface area (Å²) in [7, 11) is 1.35. The van der Waals surface area contributed by atoms with Gasteiger partial charge >= 0.3 is 5.69 Å². The molecule has 0 spiro atoms. The Labute approximate surface area is 98.3 Å². The standard InChI is InChI=1S/C11H13NO5/c1-3-8(13)7-17-9-4-5-11(16-2)10(6-9)12(14)15/h4-6H,3,7H2,1-2H3. The second-order valence-corrected chi connectivity index (χ2v) is 3.27. The SMILES string of the molecule is CCC(=O)COc1ccc(OC)c([N+](=O)[O-])c1. The third kappa shape index (κ3) is 3.44. The van der Waals surface area contributed by atoms with Gasteiger partial charge in [-0.15, -0.1) is 0 Å². The Morgan fingerprint density at radius 3 is 2.71 bits per heavy atom. The number of benzene rings is 1. The van der Waals surface area contributed by atoms with E-state index in [1.807, 2.05) is 0 Å². The number of hydrogen-bond donors (Lipinski definition) is 0. The van der Waals surface area contributed by atoms with Crippen LogP contribution >= 0.6 is 0 Å². The van der Waals surface area contributed by atoms with E-state index >= 15 is 0 Å². The van der Waals surface area contributed by atoms with Crippen molar-refractivity contribution in [2.45, 2.75) is 13.3 Å². The zero-order chi connectivity index (χ0) is 12.8. The summed E-state index contributed by atoms with van der Waals surface area (Å²) in [5.74, 6) is 0.368. The first-order chi connectivity index (χ1) is 8.08. The predicted molar refractivity (Wildman–Crippen MR) is 60.4 cm³/mol. The van der Waals surface area contributed by atoms with Crippen LogP contribution in [0.1, 0.15) is 13.3 Å². The molecule has 6 heteroatoms. The van der Waals surface area contributed by atoms with Crippen molar-refractivity contribution in [3.05, 3.63) is 28.3 Å². The molecule has 0 bridgehead atoms. The molecule has 0 radical (unpaired) electrons. The molecule has 0 N–H and O–H groups in total. The number of Topliss-reactive ketones (excluding diaryl/α,β-unsaturated/α-hetero) is 1. The quantitative estimate of drug-likeness (QED) is 0.560. The maximum absolute atomic E-state index is 11.0. The van der Waals surface area contributed by atoms with Gasteiger partial charge in [0.05, 0.1) is 18.1 Å². The van der Waals surface area contributed by atoms with Crippen LogP contribution < -0.4 is 9.47 Å². The molecular weight excluding hydrogens is 226 g/mol. The fraction of sp³-hybridized carbons (Fsp3) is 0.364. The third-order valence-electron chi connectivity index (χ3n) is 2.14. The van der Waals surface area contributed by atoms with Crippen molar-refractivity contribution in [2.75, 3.05) is 13.7 Å². The molecule has 17 heavy (non-hydrogen) atoms. The monoisotopic (exact) mass is 239 g/mol. The lowest BCUT2D eigenvalue weighted by Crippen LogP contribution is -2.09. The minimum atomic E-state index is -0.562. The van der Waals surface area contributed by atoms with Gasteiger partial charge in [0.15, 0.2) is 11.5 Å². The van der Waals surface area contributed by atoms with E-state index in [1.165, 1.54) is 25.3 Å². The van der Waals surface area contributed by atoms with Gasteiger partial charge in [-0.1, -0.05) is 6.92 Å². The highest BCUT2D eigenvalue weighted by atomic mass is 16.6. The van der Waals surface area contributed by atoms with Crippen LogP contribution in [-0.2, 0) is 4.79 Å². The number of carbonyl (C=O) groups excluding carboxylic acids is 1. The minimum absolute atomic E-state index is 0.0662. The maximum atomic E-state index is 11.0. The number of nitro groups is 1. The second-order valence-electron chi connectivity index (χ2n) is 3.27. The van der Waals surface area contributed by atoms with Crippen molar-refractivity contribution < 1.29 is 19.2 Å². The molecule has 0 saturated carbocycles. The van der Waals surface area contributed by atoms with Crippen LogP contribution in [-0.4, -0.2) is 24.4 Å².